The number of fused-ring (bicyclic) bond motifs is 1. The highest BCUT2D eigenvalue weighted by Gasteiger charge is 2.22. The number of para-hydroxylation sites is 1. The Bertz CT molecular complexity index is 1420. The van der Waals surface area contributed by atoms with Gasteiger partial charge < -0.3 is 9.72 Å². The smallest absolute Gasteiger partial charge is 0.339 e. The minimum absolute atomic E-state index is 0.132. The second-order valence-electron chi connectivity index (χ2n) is 7.73. The first kappa shape index (κ1) is 22.4. The zero-order chi connectivity index (χ0) is 23.7. The molecule has 2 aromatic heterocycles. The van der Waals surface area contributed by atoms with Gasteiger partial charge in [-0.05, 0) is 44.5 Å². The molecule has 0 amide bonds. The summed E-state index contributed by atoms with van der Waals surface area (Å²) in [6.07, 6.45) is 0. The van der Waals surface area contributed by atoms with Crippen LogP contribution in [0.4, 0.5) is 0 Å². The zero-order valence-electron chi connectivity index (χ0n) is 18.4. The Morgan fingerprint density at radius 1 is 1.03 bits per heavy atom. The van der Waals surface area contributed by atoms with Crippen molar-refractivity contribution in [3.63, 3.8) is 0 Å². The number of nitrogens with one attached hydrogen (secondary N) is 1. The zero-order valence-corrected chi connectivity index (χ0v) is 19.1. The van der Waals surface area contributed by atoms with Crippen molar-refractivity contribution in [1.29, 1.82) is 0 Å². The van der Waals surface area contributed by atoms with Crippen molar-refractivity contribution in [3.05, 3.63) is 87.7 Å². The van der Waals surface area contributed by atoms with Crippen molar-refractivity contribution in [3.8, 4) is 11.3 Å². The van der Waals surface area contributed by atoms with E-state index in [4.69, 9.17) is 16.3 Å². The molecule has 166 valence electrons. The van der Waals surface area contributed by atoms with Gasteiger partial charge in [0.1, 0.15) is 0 Å². The number of carbonyl (C=O) groups is 3. The summed E-state index contributed by atoms with van der Waals surface area (Å²) in [7, 11) is 0. The molecule has 0 bridgehead atoms. The molecular formula is C26H21ClN2O4. The van der Waals surface area contributed by atoms with Gasteiger partial charge in [0.05, 0.1) is 22.5 Å². The Balaban J connectivity index is 1.65. The van der Waals surface area contributed by atoms with E-state index in [1.165, 1.54) is 6.92 Å². The topological polar surface area (TPSA) is 89.1 Å². The van der Waals surface area contributed by atoms with Crippen LogP contribution in [-0.2, 0) is 4.74 Å². The standard InChI is InChI=1S/C26H21ClN2O4/c1-14-24(16(3)30)15(2)28-25(14)23(31)13-33-26(32)19-12-22(18-9-4-6-10-20(18)27)29-21-11-7-5-8-17(19)21/h4-12,28H,13H2,1-3H3. The van der Waals surface area contributed by atoms with E-state index < -0.39 is 18.4 Å². The molecule has 0 aliphatic rings. The van der Waals surface area contributed by atoms with Gasteiger partial charge in [0.15, 0.2) is 12.4 Å². The number of ether oxygens (including phenoxy) is 1. The lowest BCUT2D eigenvalue weighted by atomic mass is 10.0. The number of Topliss-reactive ketones (excluding diaryl/α,β-unsaturated/α-hetero) is 2. The first-order valence-corrected chi connectivity index (χ1v) is 10.7. The summed E-state index contributed by atoms with van der Waals surface area (Å²) in [6.45, 7) is 4.41. The molecule has 0 saturated heterocycles. The van der Waals surface area contributed by atoms with Crippen molar-refractivity contribution >= 4 is 40.0 Å². The fourth-order valence-corrected chi connectivity index (χ4v) is 4.22. The molecule has 0 spiro atoms. The van der Waals surface area contributed by atoms with Crippen molar-refractivity contribution in [2.24, 2.45) is 0 Å². The molecule has 0 atom stereocenters. The van der Waals surface area contributed by atoms with Crippen LogP contribution in [0.5, 0.6) is 0 Å². The quantitative estimate of drug-likeness (QED) is 0.292. The molecule has 4 aromatic rings. The molecule has 0 aliphatic heterocycles. The first-order valence-electron chi connectivity index (χ1n) is 10.3. The van der Waals surface area contributed by atoms with Crippen LogP contribution in [-0.4, -0.2) is 34.1 Å². The van der Waals surface area contributed by atoms with Gasteiger partial charge in [-0.2, -0.15) is 0 Å². The third kappa shape index (κ3) is 4.30. The molecule has 2 heterocycles. The maximum atomic E-state index is 13.0. The second kappa shape index (κ2) is 9.00. The number of pyridine rings is 1. The molecule has 7 heteroatoms. The number of H-pyrrole nitrogens is 1. The van der Waals surface area contributed by atoms with E-state index in [0.717, 1.165) is 0 Å². The van der Waals surface area contributed by atoms with Gasteiger partial charge >= 0.3 is 5.97 Å². The summed E-state index contributed by atoms with van der Waals surface area (Å²) in [5.74, 6) is -1.20. The third-order valence-electron chi connectivity index (χ3n) is 5.49. The maximum absolute atomic E-state index is 13.0. The Morgan fingerprint density at radius 3 is 2.42 bits per heavy atom. The summed E-state index contributed by atoms with van der Waals surface area (Å²) in [4.78, 5) is 45.2. The molecule has 0 radical (unpaired) electrons. The van der Waals surface area contributed by atoms with E-state index in [-0.39, 0.29) is 17.0 Å². The van der Waals surface area contributed by atoms with Gasteiger partial charge in [-0.3, -0.25) is 9.59 Å². The number of aromatic amines is 1. The number of rotatable bonds is 6. The molecule has 33 heavy (non-hydrogen) atoms. The summed E-state index contributed by atoms with van der Waals surface area (Å²) < 4.78 is 5.38. The molecule has 0 unspecified atom stereocenters. The lowest BCUT2D eigenvalue weighted by Gasteiger charge is -2.11. The fourth-order valence-electron chi connectivity index (χ4n) is 3.99. The Morgan fingerprint density at radius 2 is 1.73 bits per heavy atom. The lowest BCUT2D eigenvalue weighted by Crippen LogP contribution is -2.16. The van der Waals surface area contributed by atoms with E-state index in [9.17, 15) is 14.4 Å². The van der Waals surface area contributed by atoms with Gasteiger partial charge in [-0.25, -0.2) is 9.78 Å². The number of hydrogen-bond donors (Lipinski definition) is 1. The molecule has 0 aliphatic carbocycles. The Labute approximate surface area is 195 Å². The summed E-state index contributed by atoms with van der Waals surface area (Å²) in [5, 5.41) is 1.12. The number of ketones is 2. The average Bonchev–Trinajstić information content (AvgIpc) is 3.10. The third-order valence-corrected chi connectivity index (χ3v) is 5.82. The maximum Gasteiger partial charge on any atom is 0.339 e. The van der Waals surface area contributed by atoms with Gasteiger partial charge in [0.2, 0.25) is 5.78 Å². The predicted octanol–water partition coefficient (Wildman–Crippen LogP) is 5.74. The SMILES string of the molecule is CC(=O)c1c(C)[nH]c(C(=O)COC(=O)c2cc(-c3ccccc3Cl)nc3ccccc23)c1C. The molecule has 0 saturated carbocycles. The van der Waals surface area contributed by atoms with Crippen LogP contribution in [0.15, 0.2) is 54.6 Å². The Kier molecular flexibility index (Phi) is 6.11. The minimum Gasteiger partial charge on any atom is -0.454 e. The molecule has 0 fully saturated rings. The predicted molar refractivity (Wildman–Crippen MR) is 127 cm³/mol. The number of halogens is 1. The van der Waals surface area contributed by atoms with Crippen LogP contribution in [0.1, 0.15) is 49.4 Å². The van der Waals surface area contributed by atoms with Crippen molar-refractivity contribution < 1.29 is 19.1 Å². The van der Waals surface area contributed by atoms with Gasteiger partial charge in [-0.1, -0.05) is 48.0 Å². The number of benzene rings is 2. The number of hydrogen-bond acceptors (Lipinski definition) is 5. The van der Waals surface area contributed by atoms with E-state index in [0.29, 0.717) is 44.0 Å². The number of aryl methyl sites for hydroxylation is 1. The van der Waals surface area contributed by atoms with Crippen LogP contribution in [0, 0.1) is 13.8 Å². The lowest BCUT2D eigenvalue weighted by molar-refractivity contribution is 0.0475. The molecule has 4 rings (SSSR count). The van der Waals surface area contributed by atoms with E-state index in [1.807, 2.05) is 24.3 Å². The monoisotopic (exact) mass is 460 g/mol. The number of esters is 1. The van der Waals surface area contributed by atoms with Gasteiger partial charge in [0, 0.05) is 27.2 Å². The highest BCUT2D eigenvalue weighted by atomic mass is 35.5. The first-order chi connectivity index (χ1) is 15.8. The van der Waals surface area contributed by atoms with Gasteiger partial charge in [0.25, 0.3) is 0 Å². The van der Waals surface area contributed by atoms with Crippen LogP contribution in [0.2, 0.25) is 5.02 Å². The van der Waals surface area contributed by atoms with E-state index >= 15 is 0 Å². The Hall–Kier alpha value is -3.77. The molecule has 2 aromatic carbocycles. The van der Waals surface area contributed by atoms with Crippen LogP contribution >= 0.6 is 11.6 Å². The van der Waals surface area contributed by atoms with Crippen LogP contribution < -0.4 is 0 Å². The summed E-state index contributed by atoms with van der Waals surface area (Å²) in [5.41, 5.74) is 4.01. The normalized spacial score (nSPS) is 10.9. The van der Waals surface area contributed by atoms with Crippen molar-refractivity contribution in [1.82, 2.24) is 9.97 Å². The van der Waals surface area contributed by atoms with Crippen molar-refractivity contribution in [2.45, 2.75) is 20.8 Å². The van der Waals surface area contributed by atoms with Crippen LogP contribution in [0.25, 0.3) is 22.2 Å². The average molecular weight is 461 g/mol. The second-order valence-corrected chi connectivity index (χ2v) is 8.14. The highest BCUT2D eigenvalue weighted by Crippen LogP contribution is 2.30. The highest BCUT2D eigenvalue weighted by molar-refractivity contribution is 6.33. The van der Waals surface area contributed by atoms with Crippen molar-refractivity contribution in [2.75, 3.05) is 6.61 Å². The molecule has 1 N–H and O–H groups in total. The van der Waals surface area contributed by atoms with Gasteiger partial charge in [-0.15, -0.1) is 0 Å². The number of aromatic nitrogens is 2. The largest absolute Gasteiger partial charge is 0.454 e. The fraction of sp³-hybridized carbons (Fsp3) is 0.154. The van der Waals surface area contributed by atoms with E-state index in [1.54, 1.807) is 44.2 Å². The summed E-state index contributed by atoms with van der Waals surface area (Å²) in [6, 6.07) is 16.0. The number of carbonyl (C=O) groups excluding carboxylic acids is 3. The molecular weight excluding hydrogens is 440 g/mol. The van der Waals surface area contributed by atoms with E-state index in [2.05, 4.69) is 9.97 Å². The molecule has 6 nitrogen and oxygen atoms in total. The van der Waals surface area contributed by atoms with Crippen LogP contribution in [0.3, 0.4) is 0 Å². The number of nitrogens with zero attached hydrogens (tertiary/aromatic N) is 1. The minimum atomic E-state index is -0.650. The summed E-state index contributed by atoms with van der Waals surface area (Å²) >= 11 is 6.34.